The van der Waals surface area contributed by atoms with Gasteiger partial charge < -0.3 is 9.88 Å². The molecule has 25 heavy (non-hydrogen) atoms. The van der Waals surface area contributed by atoms with Gasteiger partial charge in [0.25, 0.3) is 5.56 Å². The van der Waals surface area contributed by atoms with Crippen molar-refractivity contribution in [3.8, 4) is 12.1 Å². The number of aromatic nitrogens is 2. The minimum atomic E-state index is -0.404. The van der Waals surface area contributed by atoms with Crippen molar-refractivity contribution in [3.63, 3.8) is 0 Å². The van der Waals surface area contributed by atoms with E-state index in [4.69, 9.17) is 5.26 Å². The minimum Gasteiger partial charge on any atom is -0.355 e. The van der Waals surface area contributed by atoms with Crippen molar-refractivity contribution in [1.29, 1.82) is 10.5 Å². The Morgan fingerprint density at radius 1 is 1.28 bits per heavy atom. The molecule has 1 aromatic carbocycles. The van der Waals surface area contributed by atoms with Gasteiger partial charge in [-0.15, -0.1) is 0 Å². The third-order valence-electron chi connectivity index (χ3n) is 4.66. The number of H-pyrrole nitrogens is 1. The normalized spacial score (nSPS) is 14.8. The zero-order valence-electron chi connectivity index (χ0n) is 14.1. The number of piperidine rings is 1. The molecular formula is C19H19N5O. The van der Waals surface area contributed by atoms with Crippen LogP contribution in [0.25, 0.3) is 0 Å². The topological polar surface area (TPSA) is 96.6 Å². The highest BCUT2D eigenvalue weighted by Crippen LogP contribution is 2.23. The van der Waals surface area contributed by atoms with E-state index in [0.717, 1.165) is 24.0 Å². The van der Waals surface area contributed by atoms with E-state index in [2.05, 4.69) is 16.0 Å². The number of nitrogens with one attached hydrogen (secondary N) is 1. The van der Waals surface area contributed by atoms with E-state index >= 15 is 0 Å². The molecule has 1 fully saturated rings. The van der Waals surface area contributed by atoms with Crippen molar-refractivity contribution < 1.29 is 0 Å². The molecule has 2 heterocycles. The standard InChI is InChI=1S/C19H19N5O/c1-13-4-2-3-5-15(13)10-17-22-18(16(12-21)19(25)23-17)24-8-6-14(11-20)7-9-24/h2-5,14H,6-10H2,1H3,(H,22,23,25). The van der Waals surface area contributed by atoms with Gasteiger partial charge in [-0.3, -0.25) is 4.79 Å². The molecule has 0 aliphatic carbocycles. The molecule has 1 aliphatic rings. The molecule has 3 rings (SSSR count). The predicted octanol–water partition coefficient (Wildman–Crippen LogP) is 2.28. The average Bonchev–Trinajstić information content (AvgIpc) is 2.63. The Hall–Kier alpha value is -3.12. The highest BCUT2D eigenvalue weighted by atomic mass is 16.1. The number of nitrogens with zero attached hydrogens (tertiary/aromatic N) is 4. The van der Waals surface area contributed by atoms with Crippen molar-refractivity contribution in [1.82, 2.24) is 9.97 Å². The summed E-state index contributed by atoms with van der Waals surface area (Å²) in [6, 6.07) is 12.2. The first kappa shape index (κ1) is 16.7. The average molecular weight is 333 g/mol. The fourth-order valence-corrected chi connectivity index (χ4v) is 3.13. The van der Waals surface area contributed by atoms with Crippen molar-refractivity contribution in [3.05, 3.63) is 57.1 Å². The van der Waals surface area contributed by atoms with E-state index in [1.54, 1.807) is 0 Å². The quantitative estimate of drug-likeness (QED) is 0.929. The smallest absolute Gasteiger partial charge is 0.271 e. The molecule has 0 bridgehead atoms. The molecular weight excluding hydrogens is 314 g/mol. The largest absolute Gasteiger partial charge is 0.355 e. The molecule has 0 atom stereocenters. The van der Waals surface area contributed by atoms with Gasteiger partial charge in [0.2, 0.25) is 0 Å². The molecule has 0 saturated carbocycles. The van der Waals surface area contributed by atoms with E-state index in [1.165, 1.54) is 0 Å². The van der Waals surface area contributed by atoms with Crippen LogP contribution in [-0.2, 0) is 6.42 Å². The summed E-state index contributed by atoms with van der Waals surface area (Å²) in [5.41, 5.74) is 1.86. The van der Waals surface area contributed by atoms with Crippen LogP contribution in [0, 0.1) is 35.5 Å². The Balaban J connectivity index is 1.94. The fourth-order valence-electron chi connectivity index (χ4n) is 3.13. The number of benzene rings is 1. The van der Waals surface area contributed by atoms with Crippen LogP contribution >= 0.6 is 0 Å². The molecule has 0 radical (unpaired) electrons. The van der Waals surface area contributed by atoms with Crippen LogP contribution in [0.4, 0.5) is 5.82 Å². The van der Waals surface area contributed by atoms with Crippen molar-refractivity contribution in [2.75, 3.05) is 18.0 Å². The lowest BCUT2D eigenvalue weighted by Gasteiger charge is -2.30. The molecule has 126 valence electrons. The first-order valence-electron chi connectivity index (χ1n) is 8.34. The monoisotopic (exact) mass is 333 g/mol. The number of nitriles is 2. The third-order valence-corrected chi connectivity index (χ3v) is 4.66. The first-order valence-corrected chi connectivity index (χ1v) is 8.34. The summed E-state index contributed by atoms with van der Waals surface area (Å²) in [6.45, 7) is 3.28. The Kier molecular flexibility index (Phi) is 4.81. The maximum absolute atomic E-state index is 12.3. The second-order valence-corrected chi connectivity index (χ2v) is 6.32. The van der Waals surface area contributed by atoms with Crippen molar-refractivity contribution >= 4 is 5.82 Å². The number of anilines is 1. The van der Waals surface area contributed by atoms with Gasteiger partial charge in [-0.05, 0) is 30.9 Å². The molecule has 0 spiro atoms. The van der Waals surface area contributed by atoms with Crippen molar-refractivity contribution in [2.24, 2.45) is 5.92 Å². The maximum atomic E-state index is 12.3. The van der Waals surface area contributed by atoms with Gasteiger partial charge in [-0.25, -0.2) is 4.98 Å². The van der Waals surface area contributed by atoms with Gasteiger partial charge in [0, 0.05) is 25.4 Å². The van der Waals surface area contributed by atoms with E-state index in [0.29, 0.717) is 31.2 Å². The molecule has 1 aromatic heterocycles. The minimum absolute atomic E-state index is 0.0372. The SMILES string of the molecule is Cc1ccccc1Cc1nc(N2CCC(C#N)CC2)c(C#N)c(=O)[nH]1. The highest BCUT2D eigenvalue weighted by Gasteiger charge is 2.24. The lowest BCUT2D eigenvalue weighted by atomic mass is 9.98. The number of aromatic amines is 1. The second-order valence-electron chi connectivity index (χ2n) is 6.32. The summed E-state index contributed by atoms with van der Waals surface area (Å²) in [4.78, 5) is 21.6. The zero-order valence-corrected chi connectivity index (χ0v) is 14.1. The van der Waals surface area contributed by atoms with Crippen LogP contribution in [0.1, 0.15) is 35.4 Å². The zero-order chi connectivity index (χ0) is 17.8. The number of aryl methyl sites for hydroxylation is 1. The second kappa shape index (κ2) is 7.19. The third kappa shape index (κ3) is 3.54. The lowest BCUT2D eigenvalue weighted by molar-refractivity contribution is 0.484. The van der Waals surface area contributed by atoms with Crippen LogP contribution in [0.3, 0.4) is 0 Å². The van der Waals surface area contributed by atoms with Crippen LogP contribution in [0.2, 0.25) is 0 Å². The summed E-state index contributed by atoms with van der Waals surface area (Å²) < 4.78 is 0. The van der Waals surface area contributed by atoms with E-state index in [1.807, 2.05) is 42.2 Å². The summed E-state index contributed by atoms with van der Waals surface area (Å²) >= 11 is 0. The van der Waals surface area contributed by atoms with Crippen LogP contribution in [0.5, 0.6) is 0 Å². The van der Waals surface area contributed by atoms with Gasteiger partial charge in [-0.1, -0.05) is 24.3 Å². The van der Waals surface area contributed by atoms with E-state index in [9.17, 15) is 10.1 Å². The number of hydrogen-bond donors (Lipinski definition) is 1. The van der Waals surface area contributed by atoms with Gasteiger partial charge in [0.1, 0.15) is 11.9 Å². The number of rotatable bonds is 3. The Morgan fingerprint density at radius 3 is 2.64 bits per heavy atom. The Labute approximate surface area is 146 Å². The maximum Gasteiger partial charge on any atom is 0.271 e. The predicted molar refractivity (Wildman–Crippen MR) is 94.1 cm³/mol. The lowest BCUT2D eigenvalue weighted by Crippen LogP contribution is -2.36. The van der Waals surface area contributed by atoms with E-state index < -0.39 is 5.56 Å². The molecule has 1 saturated heterocycles. The summed E-state index contributed by atoms with van der Waals surface area (Å²) in [5, 5.41) is 18.4. The van der Waals surface area contributed by atoms with Crippen molar-refractivity contribution in [2.45, 2.75) is 26.2 Å². The van der Waals surface area contributed by atoms with Crippen LogP contribution < -0.4 is 10.5 Å². The van der Waals surface area contributed by atoms with Gasteiger partial charge in [-0.2, -0.15) is 10.5 Å². The summed E-state index contributed by atoms with van der Waals surface area (Å²) in [6.07, 6.45) is 1.96. The molecule has 6 heteroatoms. The van der Waals surface area contributed by atoms with Crippen LogP contribution in [0.15, 0.2) is 29.1 Å². The summed E-state index contributed by atoms with van der Waals surface area (Å²) in [5.74, 6) is 1.03. The molecule has 1 N–H and O–H groups in total. The molecule has 2 aromatic rings. The van der Waals surface area contributed by atoms with Gasteiger partial charge >= 0.3 is 0 Å². The molecule has 1 aliphatic heterocycles. The Bertz CT molecular complexity index is 911. The number of hydrogen-bond acceptors (Lipinski definition) is 5. The summed E-state index contributed by atoms with van der Waals surface area (Å²) in [7, 11) is 0. The molecule has 6 nitrogen and oxygen atoms in total. The fraction of sp³-hybridized carbons (Fsp3) is 0.368. The first-order chi connectivity index (χ1) is 12.1. The van der Waals surface area contributed by atoms with Gasteiger partial charge in [0.15, 0.2) is 11.4 Å². The van der Waals surface area contributed by atoms with Crippen LogP contribution in [-0.4, -0.2) is 23.1 Å². The van der Waals surface area contributed by atoms with E-state index in [-0.39, 0.29) is 11.5 Å². The molecule has 0 unspecified atom stereocenters. The molecule has 0 amide bonds. The van der Waals surface area contributed by atoms with Gasteiger partial charge in [0.05, 0.1) is 6.07 Å². The highest BCUT2D eigenvalue weighted by molar-refractivity contribution is 5.53. The Morgan fingerprint density at radius 2 is 2.00 bits per heavy atom.